The molecule has 2 amide bonds. The number of aromatic nitrogens is 1. The Labute approximate surface area is 182 Å². The third kappa shape index (κ3) is 6.43. The third-order valence-electron chi connectivity index (χ3n) is 4.22. The first-order chi connectivity index (χ1) is 15.1. The lowest BCUT2D eigenvalue weighted by atomic mass is 10.2. The van der Waals surface area contributed by atoms with Crippen molar-refractivity contribution in [3.05, 3.63) is 59.9 Å². The first kappa shape index (κ1) is 24.6. The fourth-order valence-electron chi connectivity index (χ4n) is 2.69. The Morgan fingerprint density at radius 2 is 1.94 bits per heavy atom. The second-order valence-electron chi connectivity index (χ2n) is 6.51. The monoisotopic (exact) mass is 467 g/mol. The number of nitrogens with two attached hydrogens (primary N) is 1. The molecule has 0 unspecified atom stereocenters. The number of pyridine rings is 1. The highest BCUT2D eigenvalue weighted by Crippen LogP contribution is 2.23. The van der Waals surface area contributed by atoms with Crippen molar-refractivity contribution in [3.8, 4) is 11.9 Å². The highest BCUT2D eigenvalue weighted by atomic mass is 32.2. The summed E-state index contributed by atoms with van der Waals surface area (Å²) in [6.07, 6.45) is 4.09. The molecular formula is C19H19F2N5O5S. The lowest BCUT2D eigenvalue weighted by molar-refractivity contribution is -0.131. The molecule has 1 aromatic carbocycles. The molecule has 0 saturated heterocycles. The van der Waals surface area contributed by atoms with Gasteiger partial charge in [0, 0.05) is 25.0 Å². The number of nitrogens with zero attached hydrogens (tertiary/aromatic N) is 4. The third-order valence-corrected chi connectivity index (χ3v) is 5.79. The number of hydrogen-bond acceptors (Lipinski definition) is 8. The fraction of sp³-hybridized carbons (Fsp3) is 0.263. The van der Waals surface area contributed by atoms with Crippen LogP contribution < -0.4 is 10.6 Å². The molecule has 1 atom stereocenters. The molecule has 0 aliphatic carbocycles. The maximum atomic E-state index is 12.8. The number of likely N-dealkylation sites (N-methyl/N-ethyl adjacent to an activating group) is 1. The number of sulfone groups is 1. The molecule has 0 fully saturated rings. The van der Waals surface area contributed by atoms with E-state index in [-0.39, 0.29) is 16.9 Å². The van der Waals surface area contributed by atoms with Crippen LogP contribution in [-0.4, -0.2) is 60.6 Å². The van der Waals surface area contributed by atoms with Crippen LogP contribution >= 0.6 is 0 Å². The maximum Gasteiger partial charge on any atom is 0.387 e. The van der Waals surface area contributed by atoms with Gasteiger partial charge in [0.2, 0.25) is 0 Å². The number of carbonyl (C=O) groups is 2. The Morgan fingerprint density at radius 1 is 1.25 bits per heavy atom. The van der Waals surface area contributed by atoms with Crippen molar-refractivity contribution in [1.82, 2.24) is 14.9 Å². The molecule has 1 aromatic heterocycles. The summed E-state index contributed by atoms with van der Waals surface area (Å²) in [5.74, 6) is 1.75. The van der Waals surface area contributed by atoms with Gasteiger partial charge in [0.25, 0.3) is 11.8 Å². The summed E-state index contributed by atoms with van der Waals surface area (Å²) in [5.41, 5.74) is -0.0877. The van der Waals surface area contributed by atoms with E-state index in [0.29, 0.717) is 9.91 Å². The zero-order chi connectivity index (χ0) is 23.9. The minimum absolute atomic E-state index is 0.0134. The van der Waals surface area contributed by atoms with Crippen molar-refractivity contribution in [3.63, 3.8) is 0 Å². The number of amides is 2. The molecule has 0 aliphatic heterocycles. The van der Waals surface area contributed by atoms with Crippen molar-refractivity contribution < 1.29 is 31.5 Å². The molecule has 0 saturated carbocycles. The average molecular weight is 467 g/mol. The van der Waals surface area contributed by atoms with E-state index < -0.39 is 45.8 Å². The molecule has 0 radical (unpaired) electrons. The van der Waals surface area contributed by atoms with E-state index in [1.807, 2.05) is 0 Å². The van der Waals surface area contributed by atoms with Gasteiger partial charge in [0.15, 0.2) is 16.0 Å². The lowest BCUT2D eigenvalue weighted by Crippen LogP contribution is -2.55. The molecule has 2 N–H and O–H groups in total. The number of hydrazine groups is 1. The second-order valence-corrected chi connectivity index (χ2v) is 8.62. The zero-order valence-corrected chi connectivity index (χ0v) is 17.6. The fourth-order valence-corrected chi connectivity index (χ4v) is 4.31. The van der Waals surface area contributed by atoms with Gasteiger partial charge in [-0.1, -0.05) is 18.2 Å². The minimum atomic E-state index is -4.21. The molecule has 32 heavy (non-hydrogen) atoms. The lowest BCUT2D eigenvalue weighted by Gasteiger charge is -2.27. The molecule has 13 heteroatoms. The molecule has 1 heterocycles. The summed E-state index contributed by atoms with van der Waals surface area (Å²) in [6.45, 7) is -3.17. The van der Waals surface area contributed by atoms with E-state index in [4.69, 9.17) is 11.1 Å². The van der Waals surface area contributed by atoms with Crippen LogP contribution in [0.2, 0.25) is 0 Å². The Bertz CT molecular complexity index is 1110. The number of ether oxygens (including phenoxy) is 1. The highest BCUT2D eigenvalue weighted by Gasteiger charge is 2.35. The Balaban J connectivity index is 2.34. The minimum Gasteiger partial charge on any atom is -0.435 e. The van der Waals surface area contributed by atoms with Gasteiger partial charge in [-0.05, 0) is 18.2 Å². The van der Waals surface area contributed by atoms with Crippen LogP contribution in [0.25, 0.3) is 0 Å². The van der Waals surface area contributed by atoms with Gasteiger partial charge in [-0.15, -0.1) is 0 Å². The standard InChI is InChI=1S/C19H19F2N5O5S/c1-25(12-22)18(28)15(26(23)17(27)13-6-4-8-24-9-13)11-32(29,30)10-14-5-2-3-7-16(14)31-19(20)21/h2-9,15,19H,10-11,23H2,1H3/t15-/m0/s1. The van der Waals surface area contributed by atoms with Crippen molar-refractivity contribution in [2.75, 3.05) is 12.8 Å². The molecule has 0 spiro atoms. The number of halogens is 2. The quantitative estimate of drug-likeness (QED) is 0.188. The van der Waals surface area contributed by atoms with E-state index in [0.717, 1.165) is 7.05 Å². The molecular weight excluding hydrogens is 448 g/mol. The number of carbonyl (C=O) groups excluding carboxylic acids is 2. The predicted molar refractivity (Wildman–Crippen MR) is 107 cm³/mol. The van der Waals surface area contributed by atoms with Gasteiger partial charge >= 0.3 is 6.61 Å². The molecule has 0 bridgehead atoms. The number of hydrogen-bond donors (Lipinski definition) is 1. The van der Waals surface area contributed by atoms with E-state index in [1.165, 1.54) is 55.0 Å². The topological polar surface area (TPSA) is 147 Å². The summed E-state index contributed by atoms with van der Waals surface area (Å²) < 4.78 is 55.2. The van der Waals surface area contributed by atoms with Gasteiger partial charge in [-0.2, -0.15) is 14.0 Å². The van der Waals surface area contributed by atoms with Crippen molar-refractivity contribution >= 4 is 21.7 Å². The first-order valence-corrected chi connectivity index (χ1v) is 10.8. The van der Waals surface area contributed by atoms with Crippen LogP contribution in [0.4, 0.5) is 8.78 Å². The summed E-state index contributed by atoms with van der Waals surface area (Å²) >= 11 is 0. The Hall–Kier alpha value is -3.63. The van der Waals surface area contributed by atoms with Gasteiger partial charge in [-0.3, -0.25) is 24.5 Å². The smallest absolute Gasteiger partial charge is 0.387 e. The molecule has 2 aromatic rings. The molecule has 0 aliphatic rings. The van der Waals surface area contributed by atoms with Crippen LogP contribution in [0.1, 0.15) is 15.9 Å². The van der Waals surface area contributed by atoms with Gasteiger partial charge in [0.1, 0.15) is 11.8 Å². The summed E-state index contributed by atoms with van der Waals surface area (Å²) in [5, 5.41) is 9.42. The van der Waals surface area contributed by atoms with Crippen molar-refractivity contribution in [2.24, 2.45) is 5.84 Å². The predicted octanol–water partition coefficient (Wildman–Crippen LogP) is 0.922. The number of alkyl halides is 2. The molecule has 10 nitrogen and oxygen atoms in total. The SMILES string of the molecule is CN(C#N)C(=O)[C@H](CS(=O)(=O)Cc1ccccc1OC(F)F)N(N)C(=O)c1cccnc1. The maximum absolute atomic E-state index is 12.8. The van der Waals surface area contributed by atoms with Gasteiger partial charge < -0.3 is 4.74 Å². The average Bonchev–Trinajstić information content (AvgIpc) is 2.77. The van der Waals surface area contributed by atoms with Crippen molar-refractivity contribution in [2.45, 2.75) is 18.4 Å². The first-order valence-electron chi connectivity index (χ1n) is 8.94. The number of nitriles is 1. The number of benzene rings is 1. The second kappa shape index (κ2) is 10.6. The van der Waals surface area contributed by atoms with E-state index in [9.17, 15) is 26.8 Å². The summed E-state index contributed by atoms with van der Waals surface area (Å²) in [6, 6.07) is 6.29. The van der Waals surface area contributed by atoms with E-state index in [2.05, 4.69) is 9.72 Å². The van der Waals surface area contributed by atoms with Crippen LogP contribution in [0, 0.1) is 11.5 Å². The Kier molecular flexibility index (Phi) is 8.16. The molecule has 170 valence electrons. The van der Waals surface area contributed by atoms with E-state index >= 15 is 0 Å². The van der Waals surface area contributed by atoms with E-state index in [1.54, 1.807) is 0 Å². The van der Waals surface area contributed by atoms with Gasteiger partial charge in [-0.25, -0.2) is 14.3 Å². The van der Waals surface area contributed by atoms with Crippen LogP contribution in [0.5, 0.6) is 5.75 Å². The zero-order valence-electron chi connectivity index (χ0n) is 16.8. The molecule has 2 rings (SSSR count). The number of rotatable bonds is 9. The summed E-state index contributed by atoms with van der Waals surface area (Å²) in [7, 11) is -3.13. The van der Waals surface area contributed by atoms with Crippen molar-refractivity contribution in [1.29, 1.82) is 5.26 Å². The van der Waals surface area contributed by atoms with Crippen LogP contribution in [0.3, 0.4) is 0 Å². The highest BCUT2D eigenvalue weighted by molar-refractivity contribution is 7.90. The van der Waals surface area contributed by atoms with Crippen LogP contribution in [0.15, 0.2) is 48.8 Å². The Morgan fingerprint density at radius 3 is 2.53 bits per heavy atom. The van der Waals surface area contributed by atoms with Crippen LogP contribution in [-0.2, 0) is 20.4 Å². The normalized spacial score (nSPS) is 12.0. The number of para-hydroxylation sites is 1. The summed E-state index contributed by atoms with van der Waals surface area (Å²) in [4.78, 5) is 29.5. The van der Waals surface area contributed by atoms with Gasteiger partial charge in [0.05, 0.1) is 17.1 Å². The largest absolute Gasteiger partial charge is 0.435 e.